The fraction of sp³-hybridized carbons (Fsp3) is 0.448. The summed E-state index contributed by atoms with van der Waals surface area (Å²) in [6, 6.07) is 3.07. The van der Waals surface area contributed by atoms with Crippen LogP contribution in [0.25, 0.3) is 0 Å². The smallest absolute Gasteiger partial charge is 0.338 e. The van der Waals surface area contributed by atoms with Crippen LogP contribution in [0.5, 0.6) is 0 Å². The molecule has 4 heterocycles. The normalized spacial score (nSPS) is 20.7. The predicted octanol–water partition coefficient (Wildman–Crippen LogP) is 2.61. The Morgan fingerprint density at radius 1 is 1.30 bits per heavy atom. The molecule has 0 amide bonds. The van der Waals surface area contributed by atoms with E-state index in [2.05, 4.69) is 24.8 Å². The van der Waals surface area contributed by atoms with Crippen molar-refractivity contribution in [2.45, 2.75) is 32.9 Å². The van der Waals surface area contributed by atoms with Gasteiger partial charge in [-0.2, -0.15) is 0 Å². The van der Waals surface area contributed by atoms with E-state index in [0.29, 0.717) is 72.9 Å². The van der Waals surface area contributed by atoms with Gasteiger partial charge in [0, 0.05) is 55.6 Å². The summed E-state index contributed by atoms with van der Waals surface area (Å²) in [5.74, 6) is -0.842. The lowest BCUT2D eigenvalue weighted by Gasteiger charge is -2.38. The number of oxazole rings is 1. The molecule has 0 unspecified atom stereocenters. The molecule has 2 fully saturated rings. The lowest BCUT2D eigenvalue weighted by molar-refractivity contribution is -0.159. The molecule has 234 valence electrons. The van der Waals surface area contributed by atoms with Gasteiger partial charge in [-0.3, -0.25) is 19.5 Å². The first kappa shape index (κ1) is 31.5. The van der Waals surface area contributed by atoms with E-state index >= 15 is 0 Å². The first-order valence-electron chi connectivity index (χ1n) is 13.9. The molecule has 2 aromatic rings. The standard InChI is InChI=1S/C29H32ClFN6O6S/c1-16-23(32-14-42-16)25-33-21(22(26(39)41-4)24(34-25)19-6-5-17(31)9-20(19)30)12-35-7-8-37-18(10-35)11-36(28(37)44)13-29(2,3)27(40)43-15-38/h5-6,9,14-15,18,24H,7-8,10-13H2,1-4H3,(H,33,34)/t18-,24-/m0/s1. The number of aryl methyl sites for hydroxylation is 1. The number of carbonyl (C=O) groups is 3. The van der Waals surface area contributed by atoms with Gasteiger partial charge in [0.1, 0.15) is 23.3 Å². The molecule has 0 aliphatic carbocycles. The van der Waals surface area contributed by atoms with Crippen LogP contribution in [-0.4, -0.2) is 101 Å². The van der Waals surface area contributed by atoms with Gasteiger partial charge in [0.15, 0.2) is 17.3 Å². The number of benzene rings is 1. The Bertz CT molecular complexity index is 1560. The van der Waals surface area contributed by atoms with Crippen LogP contribution in [0.4, 0.5) is 4.39 Å². The number of hydrogen-bond donors (Lipinski definition) is 1. The summed E-state index contributed by atoms with van der Waals surface area (Å²) in [6.45, 7) is 8.34. The van der Waals surface area contributed by atoms with Gasteiger partial charge in [-0.15, -0.1) is 0 Å². The fourth-order valence-corrected chi connectivity index (χ4v) is 6.41. The lowest BCUT2D eigenvalue weighted by atomic mass is 9.93. The zero-order valence-corrected chi connectivity index (χ0v) is 26.2. The maximum absolute atomic E-state index is 14.0. The van der Waals surface area contributed by atoms with Crippen LogP contribution in [-0.2, 0) is 23.9 Å². The Morgan fingerprint density at radius 2 is 2.07 bits per heavy atom. The highest BCUT2D eigenvalue weighted by atomic mass is 35.5. The average Bonchev–Trinajstić information content (AvgIpc) is 3.54. The second-order valence-corrected chi connectivity index (χ2v) is 12.2. The van der Waals surface area contributed by atoms with Crippen molar-refractivity contribution in [3.05, 3.63) is 63.7 Å². The number of amidine groups is 1. The molecule has 0 radical (unpaired) electrons. The van der Waals surface area contributed by atoms with Gasteiger partial charge in [0.25, 0.3) is 0 Å². The molecular formula is C29H32ClFN6O6S. The van der Waals surface area contributed by atoms with E-state index < -0.39 is 29.2 Å². The molecule has 3 aliphatic heterocycles. The number of aromatic nitrogens is 1. The summed E-state index contributed by atoms with van der Waals surface area (Å²) in [5, 5.41) is 4.04. The molecule has 3 aliphatic rings. The van der Waals surface area contributed by atoms with Gasteiger partial charge < -0.3 is 29.0 Å². The number of nitrogens with one attached hydrogen (secondary N) is 1. The number of hydrogen-bond acceptors (Lipinski definition) is 11. The Kier molecular flexibility index (Phi) is 9.05. The Morgan fingerprint density at radius 3 is 2.73 bits per heavy atom. The maximum Gasteiger partial charge on any atom is 0.338 e. The molecular weight excluding hydrogens is 615 g/mol. The maximum atomic E-state index is 14.0. The molecule has 1 aromatic heterocycles. The number of methoxy groups -OCH3 is 1. The molecule has 44 heavy (non-hydrogen) atoms. The second-order valence-electron chi connectivity index (χ2n) is 11.4. The van der Waals surface area contributed by atoms with Crippen molar-refractivity contribution in [1.29, 1.82) is 0 Å². The third-order valence-corrected chi connectivity index (χ3v) is 8.77. The first-order valence-corrected chi connectivity index (χ1v) is 14.7. The van der Waals surface area contributed by atoms with E-state index in [9.17, 15) is 18.8 Å². The molecule has 2 saturated heterocycles. The van der Waals surface area contributed by atoms with E-state index in [1.165, 1.54) is 31.7 Å². The van der Waals surface area contributed by atoms with Crippen LogP contribution in [0.3, 0.4) is 0 Å². The second kappa shape index (κ2) is 12.6. The van der Waals surface area contributed by atoms with Crippen molar-refractivity contribution < 1.29 is 32.7 Å². The topological polar surface area (TPSA) is 130 Å². The zero-order valence-electron chi connectivity index (χ0n) is 24.6. The zero-order chi connectivity index (χ0) is 31.8. The number of halogens is 2. The van der Waals surface area contributed by atoms with Crippen molar-refractivity contribution in [3.63, 3.8) is 0 Å². The van der Waals surface area contributed by atoms with Crippen LogP contribution < -0.4 is 5.32 Å². The van der Waals surface area contributed by atoms with Gasteiger partial charge in [0.2, 0.25) is 0 Å². The highest BCUT2D eigenvalue weighted by Crippen LogP contribution is 2.37. The monoisotopic (exact) mass is 646 g/mol. The highest BCUT2D eigenvalue weighted by molar-refractivity contribution is 7.80. The van der Waals surface area contributed by atoms with Crippen molar-refractivity contribution >= 4 is 53.2 Å². The summed E-state index contributed by atoms with van der Waals surface area (Å²) in [6.07, 6.45) is 1.31. The van der Waals surface area contributed by atoms with Gasteiger partial charge in [-0.05, 0) is 45.1 Å². The third-order valence-electron chi connectivity index (χ3n) is 7.95. The molecule has 1 N–H and O–H groups in total. The van der Waals surface area contributed by atoms with E-state index in [1.54, 1.807) is 20.8 Å². The van der Waals surface area contributed by atoms with Crippen LogP contribution in [0.2, 0.25) is 5.02 Å². The van der Waals surface area contributed by atoms with Crippen molar-refractivity contribution in [1.82, 2.24) is 25.0 Å². The van der Waals surface area contributed by atoms with Gasteiger partial charge in [-0.25, -0.2) is 14.2 Å². The molecule has 0 spiro atoms. The molecule has 0 saturated carbocycles. The molecule has 2 atom stereocenters. The van der Waals surface area contributed by atoms with Crippen molar-refractivity contribution in [2.24, 2.45) is 10.4 Å². The number of esters is 2. The fourth-order valence-electron chi connectivity index (χ4n) is 5.76. The first-order chi connectivity index (χ1) is 20.9. The summed E-state index contributed by atoms with van der Waals surface area (Å²) in [4.78, 5) is 51.7. The molecule has 5 rings (SSSR count). The minimum Gasteiger partial charge on any atom is -0.466 e. The van der Waals surface area contributed by atoms with Gasteiger partial charge >= 0.3 is 18.4 Å². The summed E-state index contributed by atoms with van der Waals surface area (Å²) < 4.78 is 29.2. The van der Waals surface area contributed by atoms with E-state index in [4.69, 9.17) is 38.0 Å². The predicted molar refractivity (Wildman–Crippen MR) is 161 cm³/mol. The quantitative estimate of drug-likeness (QED) is 0.186. The Labute approximate surface area is 263 Å². The molecule has 15 heteroatoms. The number of fused-ring (bicyclic) bond motifs is 1. The van der Waals surface area contributed by atoms with E-state index in [-0.39, 0.29) is 23.1 Å². The molecule has 12 nitrogen and oxygen atoms in total. The Balaban J connectivity index is 1.43. The van der Waals surface area contributed by atoms with E-state index in [1.807, 2.05) is 4.90 Å². The SMILES string of the molecule is COC(=O)C1=C(CN2CCN3C(=S)N(CC(C)(C)C(=O)OC=O)C[C@@H]3C2)NC(c2ncoc2C)=N[C@H]1c1ccc(F)cc1Cl. The number of carbonyl (C=O) groups excluding carboxylic acids is 3. The highest BCUT2D eigenvalue weighted by Gasteiger charge is 2.43. The van der Waals surface area contributed by atoms with Gasteiger partial charge in [-0.1, -0.05) is 17.7 Å². The van der Waals surface area contributed by atoms with Crippen LogP contribution >= 0.6 is 23.8 Å². The summed E-state index contributed by atoms with van der Waals surface area (Å²) in [5.41, 5.74) is 0.734. The number of rotatable bonds is 9. The summed E-state index contributed by atoms with van der Waals surface area (Å²) in [7, 11) is 1.29. The van der Waals surface area contributed by atoms with Gasteiger partial charge in [0.05, 0.1) is 24.1 Å². The number of aliphatic imine (C=N–C) groups is 1. The van der Waals surface area contributed by atoms with Crippen LogP contribution in [0.1, 0.15) is 36.9 Å². The average molecular weight is 647 g/mol. The van der Waals surface area contributed by atoms with Crippen molar-refractivity contribution in [3.8, 4) is 0 Å². The largest absolute Gasteiger partial charge is 0.466 e. The number of piperazine rings is 1. The third kappa shape index (κ3) is 6.19. The van der Waals surface area contributed by atoms with E-state index in [0.717, 1.165) is 0 Å². The van der Waals surface area contributed by atoms with Crippen LogP contribution in [0.15, 0.2) is 45.3 Å². The lowest BCUT2D eigenvalue weighted by Crippen LogP contribution is -2.53. The Hall–Kier alpha value is -3.88. The molecule has 1 aromatic carbocycles. The minimum absolute atomic E-state index is 0.0215. The van der Waals surface area contributed by atoms with Crippen LogP contribution in [0, 0.1) is 18.2 Å². The number of nitrogens with zero attached hydrogens (tertiary/aromatic N) is 5. The minimum atomic E-state index is -0.947. The molecule has 0 bridgehead atoms. The number of ether oxygens (including phenoxy) is 2. The van der Waals surface area contributed by atoms with Crippen molar-refractivity contribution in [2.75, 3.05) is 46.4 Å². The summed E-state index contributed by atoms with van der Waals surface area (Å²) >= 11 is 12.2. The number of thiocarbonyl (C=S) groups is 1.